The molecule has 4 N–H and O–H groups in total. The number of rotatable bonds is 3. The smallest absolute Gasteiger partial charge is 0.318 e. The van der Waals surface area contributed by atoms with Crippen molar-refractivity contribution in [1.82, 2.24) is 10.2 Å². The Morgan fingerprint density at radius 1 is 1.35 bits per heavy atom. The fraction of sp³-hybridized carbons (Fsp3) is 0.429. The van der Waals surface area contributed by atoms with Crippen LogP contribution in [-0.4, -0.2) is 41.1 Å². The van der Waals surface area contributed by atoms with E-state index in [9.17, 15) is 14.7 Å². The topological polar surface area (TPSA) is 95.7 Å². The van der Waals surface area contributed by atoms with Crippen LogP contribution < -0.4 is 11.1 Å². The summed E-state index contributed by atoms with van der Waals surface area (Å²) in [6, 6.07) is 7.70. The number of hydrogen-bond acceptors (Lipinski definition) is 4. The van der Waals surface area contributed by atoms with Gasteiger partial charge >= 0.3 is 6.03 Å². The lowest BCUT2D eigenvalue weighted by Gasteiger charge is -2.35. The third kappa shape index (κ3) is 3.55. The number of amides is 3. The summed E-state index contributed by atoms with van der Waals surface area (Å²) < 4.78 is 0. The summed E-state index contributed by atoms with van der Waals surface area (Å²) in [5.41, 5.74) is 5.81. The Morgan fingerprint density at radius 2 is 2.05 bits per heavy atom. The molecule has 0 unspecified atom stereocenters. The van der Waals surface area contributed by atoms with E-state index in [0.29, 0.717) is 13.1 Å². The van der Waals surface area contributed by atoms with Crippen molar-refractivity contribution >= 4 is 11.9 Å². The van der Waals surface area contributed by atoms with Gasteiger partial charge in [0.1, 0.15) is 6.04 Å². The lowest BCUT2D eigenvalue weighted by molar-refractivity contribution is -0.126. The highest BCUT2D eigenvalue weighted by atomic mass is 16.3. The van der Waals surface area contributed by atoms with Crippen LogP contribution in [-0.2, 0) is 4.79 Å². The van der Waals surface area contributed by atoms with Gasteiger partial charge in [0.15, 0.2) is 0 Å². The number of nitrogens with one attached hydrogen (secondary N) is 1. The second-order valence-corrected chi connectivity index (χ2v) is 4.96. The van der Waals surface area contributed by atoms with Crippen LogP contribution in [0.2, 0.25) is 0 Å². The highest BCUT2D eigenvalue weighted by Gasteiger charge is 2.31. The molecule has 1 saturated heterocycles. The zero-order valence-corrected chi connectivity index (χ0v) is 11.2. The quantitative estimate of drug-likeness (QED) is 0.744. The minimum atomic E-state index is -0.867. The number of primary amides is 1. The molecule has 2 atom stereocenters. The average molecular weight is 277 g/mol. The van der Waals surface area contributed by atoms with Gasteiger partial charge in [0.25, 0.3) is 0 Å². The van der Waals surface area contributed by atoms with Crippen LogP contribution in [0, 0.1) is 0 Å². The lowest BCUT2D eigenvalue weighted by Crippen LogP contribution is -2.48. The average Bonchev–Trinajstić information content (AvgIpc) is 2.39. The van der Waals surface area contributed by atoms with Crippen molar-refractivity contribution in [3.8, 4) is 0 Å². The van der Waals surface area contributed by atoms with Crippen molar-refractivity contribution in [1.29, 1.82) is 0 Å². The van der Waals surface area contributed by atoms with Crippen molar-refractivity contribution < 1.29 is 14.7 Å². The van der Waals surface area contributed by atoms with Crippen molar-refractivity contribution in [2.45, 2.75) is 25.0 Å². The molecule has 1 aromatic carbocycles. The number of carbonyl (C=O) groups excluding carboxylic acids is 2. The maximum Gasteiger partial charge on any atom is 0.318 e. The molecule has 1 heterocycles. The third-order valence-corrected chi connectivity index (χ3v) is 3.40. The molecule has 0 saturated carbocycles. The van der Waals surface area contributed by atoms with Gasteiger partial charge in [-0.15, -0.1) is 0 Å². The highest BCUT2D eigenvalue weighted by Crippen LogP contribution is 2.24. The third-order valence-electron chi connectivity index (χ3n) is 3.40. The van der Waals surface area contributed by atoms with Gasteiger partial charge in [-0.1, -0.05) is 30.3 Å². The number of hydrogen-bond donors (Lipinski definition) is 3. The second-order valence-electron chi connectivity index (χ2n) is 4.96. The van der Waals surface area contributed by atoms with Crippen molar-refractivity contribution in [2.24, 2.45) is 5.73 Å². The van der Waals surface area contributed by atoms with Crippen molar-refractivity contribution in [3.63, 3.8) is 0 Å². The summed E-state index contributed by atoms with van der Waals surface area (Å²) in [7, 11) is 0. The second kappa shape index (κ2) is 6.49. The van der Waals surface area contributed by atoms with E-state index in [-0.39, 0.29) is 0 Å². The number of urea groups is 1. The minimum Gasteiger partial charge on any atom is -0.392 e. The van der Waals surface area contributed by atoms with Crippen molar-refractivity contribution in [2.75, 3.05) is 13.1 Å². The van der Waals surface area contributed by atoms with Gasteiger partial charge in [0, 0.05) is 6.54 Å². The van der Waals surface area contributed by atoms with E-state index in [1.54, 1.807) is 0 Å². The molecule has 6 heteroatoms. The van der Waals surface area contributed by atoms with Crippen LogP contribution in [0.25, 0.3) is 0 Å². The fourth-order valence-corrected chi connectivity index (χ4v) is 2.57. The molecule has 108 valence electrons. The number of aliphatic hydroxyl groups excluding tert-OH is 1. The summed E-state index contributed by atoms with van der Waals surface area (Å²) in [5, 5.41) is 11.9. The Hall–Kier alpha value is -1.92. The summed E-state index contributed by atoms with van der Waals surface area (Å²) in [4.78, 5) is 25.0. The number of imide groups is 1. The van der Waals surface area contributed by atoms with Crippen LogP contribution >= 0.6 is 0 Å². The summed E-state index contributed by atoms with van der Waals surface area (Å²) >= 11 is 0. The van der Waals surface area contributed by atoms with Crippen LogP contribution in [0.3, 0.4) is 0 Å². The first-order chi connectivity index (χ1) is 9.58. The Morgan fingerprint density at radius 3 is 2.65 bits per heavy atom. The number of nitrogens with two attached hydrogens (primary N) is 1. The zero-order valence-electron chi connectivity index (χ0n) is 11.2. The number of β-amino-alcohol motifs (C(OH)–C–C–N with tert-alkyl or cyclic N) is 1. The number of benzene rings is 1. The van der Waals surface area contributed by atoms with E-state index in [4.69, 9.17) is 5.73 Å². The van der Waals surface area contributed by atoms with Crippen LogP contribution in [0.4, 0.5) is 4.79 Å². The van der Waals surface area contributed by atoms with Crippen LogP contribution in [0.15, 0.2) is 30.3 Å². The number of carbonyl (C=O) groups is 2. The first-order valence-electron chi connectivity index (χ1n) is 6.65. The standard InChI is InChI=1S/C14H19N3O3/c15-14(20)16-13(19)12(10-5-2-1-3-6-10)17-8-4-7-11(18)9-17/h1-3,5-6,11-12,18H,4,7-9H2,(H3,15,16,19,20)/t11-,12+/m1/s1. The number of piperidine rings is 1. The predicted molar refractivity (Wildman–Crippen MR) is 73.7 cm³/mol. The van der Waals surface area contributed by atoms with Crippen LogP contribution in [0.1, 0.15) is 24.4 Å². The molecule has 20 heavy (non-hydrogen) atoms. The molecular weight excluding hydrogens is 258 g/mol. The van der Waals surface area contributed by atoms with E-state index in [1.165, 1.54) is 0 Å². The van der Waals surface area contributed by atoms with E-state index in [1.807, 2.05) is 35.2 Å². The van der Waals surface area contributed by atoms with Gasteiger partial charge in [-0.2, -0.15) is 0 Å². The van der Waals surface area contributed by atoms with Crippen LogP contribution in [0.5, 0.6) is 0 Å². The maximum absolute atomic E-state index is 12.2. The number of aliphatic hydroxyl groups is 1. The monoisotopic (exact) mass is 277 g/mol. The Balaban J connectivity index is 2.24. The lowest BCUT2D eigenvalue weighted by atomic mass is 10.00. The summed E-state index contributed by atoms with van der Waals surface area (Å²) in [6.45, 7) is 1.11. The molecule has 0 radical (unpaired) electrons. The molecule has 2 rings (SSSR count). The molecule has 1 aliphatic heterocycles. The molecule has 0 spiro atoms. The first-order valence-corrected chi connectivity index (χ1v) is 6.65. The highest BCUT2D eigenvalue weighted by molar-refractivity contribution is 5.96. The van der Waals surface area contributed by atoms with Gasteiger partial charge in [-0.25, -0.2) is 4.79 Å². The zero-order chi connectivity index (χ0) is 14.5. The molecule has 1 aromatic rings. The molecular formula is C14H19N3O3. The van der Waals surface area contributed by atoms with E-state index < -0.39 is 24.1 Å². The Kier molecular flexibility index (Phi) is 4.70. The molecule has 1 aliphatic rings. The fourth-order valence-electron chi connectivity index (χ4n) is 2.57. The number of likely N-dealkylation sites (tertiary alicyclic amines) is 1. The molecule has 6 nitrogen and oxygen atoms in total. The summed E-state index contributed by atoms with van der Waals surface area (Å²) in [6.07, 6.45) is 1.10. The van der Waals surface area contributed by atoms with Crippen molar-refractivity contribution in [3.05, 3.63) is 35.9 Å². The number of nitrogens with zero attached hydrogens (tertiary/aromatic N) is 1. The van der Waals surface area contributed by atoms with Gasteiger partial charge in [-0.3, -0.25) is 15.0 Å². The normalized spacial score (nSPS) is 21.1. The van der Waals surface area contributed by atoms with Gasteiger partial charge in [0.2, 0.25) is 5.91 Å². The predicted octanol–water partition coefficient (Wildman–Crippen LogP) is 0.379. The molecule has 0 bridgehead atoms. The minimum absolute atomic E-state index is 0.408. The molecule has 3 amide bonds. The van der Waals surface area contributed by atoms with Gasteiger partial charge in [-0.05, 0) is 24.9 Å². The maximum atomic E-state index is 12.2. The summed E-state index contributed by atoms with van der Waals surface area (Å²) in [5.74, 6) is -0.460. The first kappa shape index (κ1) is 14.5. The molecule has 1 fully saturated rings. The molecule has 0 aliphatic carbocycles. The largest absolute Gasteiger partial charge is 0.392 e. The van der Waals surface area contributed by atoms with Gasteiger partial charge < -0.3 is 10.8 Å². The molecule has 0 aromatic heterocycles. The van der Waals surface area contributed by atoms with Gasteiger partial charge in [0.05, 0.1) is 6.10 Å². The Bertz CT molecular complexity index is 478. The van der Waals surface area contributed by atoms with E-state index in [2.05, 4.69) is 5.32 Å². The Labute approximate surface area is 117 Å². The van der Waals surface area contributed by atoms with E-state index in [0.717, 1.165) is 18.4 Å². The SMILES string of the molecule is NC(=O)NC(=O)[C@H](c1ccccc1)N1CCC[C@@H](O)C1. The van der Waals surface area contributed by atoms with E-state index >= 15 is 0 Å².